The quantitative estimate of drug-likeness (QED) is 0.571. The van der Waals surface area contributed by atoms with Crippen molar-refractivity contribution in [1.29, 1.82) is 0 Å². The lowest BCUT2D eigenvalue weighted by molar-refractivity contribution is -0.130. The molecule has 1 aromatic carbocycles. The van der Waals surface area contributed by atoms with Crippen molar-refractivity contribution in [3.63, 3.8) is 0 Å². The van der Waals surface area contributed by atoms with Crippen LogP contribution in [-0.4, -0.2) is 11.9 Å². The first-order valence-electron chi connectivity index (χ1n) is 4.50. The van der Waals surface area contributed by atoms with Gasteiger partial charge in [-0.15, -0.1) is 0 Å². The van der Waals surface area contributed by atoms with E-state index in [2.05, 4.69) is 4.99 Å². The lowest BCUT2D eigenvalue weighted by Crippen LogP contribution is -1.99. The van der Waals surface area contributed by atoms with Crippen molar-refractivity contribution in [2.45, 2.75) is 6.92 Å². The molecule has 0 bridgehead atoms. The zero-order valence-electron chi connectivity index (χ0n) is 8.33. The third-order valence-corrected chi connectivity index (χ3v) is 2.54. The summed E-state index contributed by atoms with van der Waals surface area (Å²) in [6, 6.07) is 5.01. The van der Waals surface area contributed by atoms with Gasteiger partial charge in [0.25, 0.3) is 0 Å². The van der Waals surface area contributed by atoms with E-state index < -0.39 is 5.97 Å². The van der Waals surface area contributed by atoms with E-state index >= 15 is 0 Å². The molecule has 0 spiro atoms. The zero-order valence-corrected chi connectivity index (χ0v) is 9.84. The standard InChI is InChI=1S/C11H7Cl2NO2/c1-6-14-10(11(15)16-6)4-7-2-3-8(12)5-9(7)13/h2-5H,1H3. The first-order chi connectivity index (χ1) is 7.56. The maximum absolute atomic E-state index is 11.3. The normalized spacial score (nSPS) is 17.6. The fourth-order valence-electron chi connectivity index (χ4n) is 1.28. The van der Waals surface area contributed by atoms with E-state index in [0.717, 1.165) is 0 Å². The number of carbonyl (C=O) groups excluding carboxylic acids is 1. The molecule has 82 valence electrons. The molecule has 0 amide bonds. The van der Waals surface area contributed by atoms with Crippen molar-refractivity contribution in [1.82, 2.24) is 0 Å². The number of nitrogens with zero attached hydrogens (tertiary/aromatic N) is 1. The number of esters is 1. The van der Waals surface area contributed by atoms with Crippen molar-refractivity contribution in [3.05, 3.63) is 39.5 Å². The van der Waals surface area contributed by atoms with Crippen LogP contribution in [0.1, 0.15) is 12.5 Å². The summed E-state index contributed by atoms with van der Waals surface area (Å²) in [4.78, 5) is 15.2. The van der Waals surface area contributed by atoms with Gasteiger partial charge in [0.1, 0.15) is 0 Å². The highest BCUT2D eigenvalue weighted by molar-refractivity contribution is 6.35. The van der Waals surface area contributed by atoms with Crippen molar-refractivity contribution in [2.24, 2.45) is 4.99 Å². The van der Waals surface area contributed by atoms with Gasteiger partial charge in [0.05, 0.1) is 0 Å². The summed E-state index contributed by atoms with van der Waals surface area (Å²) < 4.78 is 4.78. The zero-order chi connectivity index (χ0) is 11.7. The van der Waals surface area contributed by atoms with Crippen LogP contribution >= 0.6 is 23.2 Å². The lowest BCUT2D eigenvalue weighted by atomic mass is 10.2. The van der Waals surface area contributed by atoms with Crippen LogP contribution < -0.4 is 0 Å². The highest BCUT2D eigenvalue weighted by atomic mass is 35.5. The molecule has 1 aliphatic heterocycles. The number of cyclic esters (lactones) is 1. The molecule has 1 aromatic rings. The van der Waals surface area contributed by atoms with Crippen LogP contribution in [0.5, 0.6) is 0 Å². The third kappa shape index (κ3) is 2.26. The summed E-state index contributed by atoms with van der Waals surface area (Å²) in [5, 5.41) is 1.01. The van der Waals surface area contributed by atoms with Crippen LogP contribution in [0.3, 0.4) is 0 Å². The fourth-order valence-corrected chi connectivity index (χ4v) is 1.74. The molecule has 0 atom stereocenters. The molecule has 0 fully saturated rings. The van der Waals surface area contributed by atoms with Crippen LogP contribution in [0.2, 0.25) is 10.0 Å². The van der Waals surface area contributed by atoms with Crippen molar-refractivity contribution < 1.29 is 9.53 Å². The van der Waals surface area contributed by atoms with E-state index in [4.69, 9.17) is 27.9 Å². The van der Waals surface area contributed by atoms with Crippen molar-refractivity contribution in [2.75, 3.05) is 0 Å². The molecule has 5 heteroatoms. The van der Waals surface area contributed by atoms with Crippen LogP contribution in [0, 0.1) is 0 Å². The summed E-state index contributed by atoms with van der Waals surface area (Å²) in [5.41, 5.74) is 0.915. The van der Waals surface area contributed by atoms with Gasteiger partial charge in [-0.05, 0) is 23.8 Å². The van der Waals surface area contributed by atoms with E-state index in [1.54, 1.807) is 31.2 Å². The minimum atomic E-state index is -0.469. The Morgan fingerprint density at radius 2 is 2.12 bits per heavy atom. The first-order valence-corrected chi connectivity index (χ1v) is 5.26. The second-order valence-corrected chi connectivity index (χ2v) is 4.06. The topological polar surface area (TPSA) is 38.7 Å². The predicted octanol–water partition coefficient (Wildman–Crippen LogP) is 3.31. The van der Waals surface area contributed by atoms with E-state index in [1.165, 1.54) is 0 Å². The Balaban J connectivity index is 2.40. The van der Waals surface area contributed by atoms with Gasteiger partial charge in [0.15, 0.2) is 11.6 Å². The predicted molar refractivity (Wildman–Crippen MR) is 63.6 cm³/mol. The summed E-state index contributed by atoms with van der Waals surface area (Å²) >= 11 is 11.7. The number of hydrogen-bond donors (Lipinski definition) is 0. The van der Waals surface area contributed by atoms with Crippen LogP contribution in [0.25, 0.3) is 6.08 Å². The molecular weight excluding hydrogens is 249 g/mol. The minimum absolute atomic E-state index is 0.238. The molecule has 0 aliphatic carbocycles. The van der Waals surface area contributed by atoms with E-state index in [0.29, 0.717) is 21.5 Å². The second kappa shape index (κ2) is 4.28. The highest BCUT2D eigenvalue weighted by Gasteiger charge is 2.19. The molecule has 1 heterocycles. The summed E-state index contributed by atoms with van der Waals surface area (Å²) in [6.07, 6.45) is 1.57. The van der Waals surface area contributed by atoms with Gasteiger partial charge in [-0.3, -0.25) is 0 Å². The average Bonchev–Trinajstić information content (AvgIpc) is 2.50. The van der Waals surface area contributed by atoms with Crippen LogP contribution in [0.4, 0.5) is 0 Å². The largest absolute Gasteiger partial charge is 0.407 e. The van der Waals surface area contributed by atoms with Crippen LogP contribution in [0.15, 0.2) is 28.9 Å². The molecule has 16 heavy (non-hydrogen) atoms. The fraction of sp³-hybridized carbons (Fsp3) is 0.0909. The van der Waals surface area contributed by atoms with Gasteiger partial charge in [-0.2, -0.15) is 0 Å². The Bertz CT molecular complexity index is 521. The Morgan fingerprint density at radius 3 is 2.69 bits per heavy atom. The van der Waals surface area contributed by atoms with E-state index in [-0.39, 0.29) is 5.70 Å². The monoisotopic (exact) mass is 255 g/mol. The van der Waals surface area contributed by atoms with Crippen LogP contribution in [-0.2, 0) is 9.53 Å². The number of hydrogen-bond acceptors (Lipinski definition) is 3. The molecule has 0 unspecified atom stereocenters. The van der Waals surface area contributed by atoms with Crippen molar-refractivity contribution >= 4 is 41.1 Å². The van der Waals surface area contributed by atoms with Gasteiger partial charge >= 0.3 is 5.97 Å². The minimum Gasteiger partial charge on any atom is -0.407 e. The van der Waals surface area contributed by atoms with Crippen molar-refractivity contribution in [3.8, 4) is 0 Å². The Kier molecular flexibility index (Phi) is 2.99. The molecule has 0 radical (unpaired) electrons. The SMILES string of the molecule is CC1=NC(=Cc2ccc(Cl)cc2Cl)C(=O)O1. The smallest absolute Gasteiger partial charge is 0.363 e. The van der Waals surface area contributed by atoms with Gasteiger partial charge in [-0.1, -0.05) is 29.3 Å². The Morgan fingerprint density at radius 1 is 1.38 bits per heavy atom. The molecule has 1 aliphatic rings. The molecule has 0 N–H and O–H groups in total. The van der Waals surface area contributed by atoms with Gasteiger partial charge in [0, 0.05) is 17.0 Å². The summed E-state index contributed by atoms with van der Waals surface area (Å²) in [6.45, 7) is 1.61. The Labute approximate surface area is 102 Å². The number of ether oxygens (including phenoxy) is 1. The summed E-state index contributed by atoms with van der Waals surface area (Å²) in [7, 11) is 0. The molecule has 0 saturated carbocycles. The second-order valence-electron chi connectivity index (χ2n) is 3.22. The number of aliphatic imine (C=N–C) groups is 1. The Hall–Kier alpha value is -1.32. The average molecular weight is 256 g/mol. The van der Waals surface area contributed by atoms with Gasteiger partial charge in [0.2, 0.25) is 0 Å². The first kappa shape index (κ1) is 11.2. The molecule has 0 saturated heterocycles. The highest BCUT2D eigenvalue weighted by Crippen LogP contribution is 2.24. The number of rotatable bonds is 1. The molecule has 2 rings (SSSR count). The number of halogens is 2. The number of carbonyl (C=O) groups is 1. The third-order valence-electron chi connectivity index (χ3n) is 1.98. The van der Waals surface area contributed by atoms with E-state index in [9.17, 15) is 4.79 Å². The maximum atomic E-state index is 11.3. The van der Waals surface area contributed by atoms with Gasteiger partial charge in [-0.25, -0.2) is 9.79 Å². The lowest BCUT2D eigenvalue weighted by Gasteiger charge is -1.98. The maximum Gasteiger partial charge on any atom is 0.363 e. The van der Waals surface area contributed by atoms with Gasteiger partial charge < -0.3 is 4.74 Å². The molecular formula is C11H7Cl2NO2. The number of benzene rings is 1. The summed E-state index contributed by atoms with van der Waals surface area (Å²) in [5.74, 6) is -0.134. The van der Waals surface area contributed by atoms with E-state index in [1.807, 2.05) is 0 Å². The molecule has 0 aromatic heterocycles. The molecule has 3 nitrogen and oxygen atoms in total.